The second kappa shape index (κ2) is 7.90. The van der Waals surface area contributed by atoms with Crippen molar-refractivity contribution in [2.45, 2.75) is 44.4 Å². The number of amides is 2. The van der Waals surface area contributed by atoms with Crippen molar-refractivity contribution in [2.24, 2.45) is 5.73 Å². The number of ether oxygens (including phenoxy) is 2. The molecule has 1 fully saturated rings. The number of nitrogens with two attached hydrogens (primary N) is 1. The van der Waals surface area contributed by atoms with Gasteiger partial charge in [0.15, 0.2) is 11.5 Å². The fourth-order valence-electron chi connectivity index (χ4n) is 4.57. The van der Waals surface area contributed by atoms with Gasteiger partial charge in [0.05, 0.1) is 5.41 Å². The molecule has 0 atom stereocenters. The smallest absolute Gasteiger partial charge is 0.248 e. The highest BCUT2D eigenvalue weighted by atomic mass is 16.7. The molecule has 174 valence electrons. The Labute approximate surface area is 199 Å². The Kier molecular flexibility index (Phi) is 5.12. The highest BCUT2D eigenvalue weighted by Gasteiger charge is 2.51. The summed E-state index contributed by atoms with van der Waals surface area (Å²) in [7, 11) is 0. The van der Waals surface area contributed by atoms with Crippen LogP contribution in [-0.4, -0.2) is 18.6 Å². The molecule has 6 heteroatoms. The lowest BCUT2D eigenvalue weighted by atomic mass is 9.81. The summed E-state index contributed by atoms with van der Waals surface area (Å²) in [5.74, 6) is 0.887. The Morgan fingerprint density at radius 2 is 1.71 bits per heavy atom. The van der Waals surface area contributed by atoms with Crippen LogP contribution < -0.4 is 20.5 Å². The lowest BCUT2D eigenvalue weighted by molar-refractivity contribution is -0.118. The molecule has 0 unspecified atom stereocenters. The summed E-state index contributed by atoms with van der Waals surface area (Å²) >= 11 is 0. The molecule has 0 bridgehead atoms. The summed E-state index contributed by atoms with van der Waals surface area (Å²) in [5.41, 5.74) is 9.88. The minimum Gasteiger partial charge on any atom is -0.454 e. The third-order valence-corrected chi connectivity index (χ3v) is 6.65. The van der Waals surface area contributed by atoms with Crippen LogP contribution in [-0.2, 0) is 15.6 Å². The van der Waals surface area contributed by atoms with Gasteiger partial charge in [-0.2, -0.15) is 0 Å². The van der Waals surface area contributed by atoms with Crippen molar-refractivity contribution in [1.29, 1.82) is 0 Å². The molecule has 0 radical (unpaired) electrons. The molecule has 3 aromatic rings. The first kappa shape index (κ1) is 22.0. The van der Waals surface area contributed by atoms with E-state index in [1.807, 2.05) is 48.5 Å². The van der Waals surface area contributed by atoms with Crippen LogP contribution in [0.25, 0.3) is 11.1 Å². The first-order chi connectivity index (χ1) is 16.2. The van der Waals surface area contributed by atoms with Gasteiger partial charge in [-0.1, -0.05) is 45.0 Å². The number of carbonyl (C=O) groups is 2. The number of anilines is 1. The average molecular weight is 457 g/mol. The molecule has 2 amide bonds. The molecule has 0 aromatic heterocycles. The Morgan fingerprint density at radius 1 is 0.941 bits per heavy atom. The Balaban J connectivity index is 1.48. The lowest BCUT2D eigenvalue weighted by Crippen LogP contribution is -2.28. The molecule has 1 heterocycles. The lowest BCUT2D eigenvalue weighted by Gasteiger charge is -2.24. The quantitative estimate of drug-likeness (QED) is 0.556. The largest absolute Gasteiger partial charge is 0.454 e. The molecule has 5 rings (SSSR count). The molecule has 2 aliphatic rings. The minimum atomic E-state index is -0.560. The van der Waals surface area contributed by atoms with Crippen molar-refractivity contribution in [3.05, 3.63) is 77.4 Å². The Hall–Kier alpha value is -3.80. The third kappa shape index (κ3) is 3.89. The molecule has 1 aliphatic carbocycles. The van der Waals surface area contributed by atoms with E-state index in [0.29, 0.717) is 22.7 Å². The molecule has 0 spiro atoms. The van der Waals surface area contributed by atoms with E-state index in [1.54, 1.807) is 12.1 Å². The highest BCUT2D eigenvalue weighted by molar-refractivity contribution is 6.02. The zero-order valence-corrected chi connectivity index (χ0v) is 19.6. The van der Waals surface area contributed by atoms with E-state index < -0.39 is 11.3 Å². The van der Waals surface area contributed by atoms with Crippen molar-refractivity contribution in [2.75, 3.05) is 12.1 Å². The average Bonchev–Trinajstić information content (AvgIpc) is 3.49. The van der Waals surface area contributed by atoms with Crippen molar-refractivity contribution in [3.8, 4) is 22.6 Å². The maximum Gasteiger partial charge on any atom is 0.248 e. The van der Waals surface area contributed by atoms with Gasteiger partial charge in [-0.15, -0.1) is 0 Å². The molecule has 34 heavy (non-hydrogen) atoms. The molecule has 0 saturated heterocycles. The number of primary amides is 1. The van der Waals surface area contributed by atoms with E-state index in [1.165, 1.54) is 0 Å². The Bertz CT molecular complexity index is 1300. The molecule has 3 aromatic carbocycles. The van der Waals surface area contributed by atoms with Gasteiger partial charge in [0.1, 0.15) is 0 Å². The summed E-state index contributed by atoms with van der Waals surface area (Å²) in [5, 5.41) is 3.13. The standard InChI is InChI=1S/C28H28N2O4/c1-27(2,3)22-9-8-20(15-21(22)17-5-4-6-18(13-17)25(29)31)30-26(32)28(11-12-28)19-7-10-23-24(14-19)34-16-33-23/h4-10,13-15H,11-12,16H2,1-3H3,(H2,29,31)(H,30,32). The van der Waals surface area contributed by atoms with E-state index >= 15 is 0 Å². The van der Waals surface area contributed by atoms with Crippen molar-refractivity contribution in [3.63, 3.8) is 0 Å². The van der Waals surface area contributed by atoms with Gasteiger partial charge >= 0.3 is 0 Å². The van der Waals surface area contributed by atoms with Gasteiger partial charge < -0.3 is 20.5 Å². The third-order valence-electron chi connectivity index (χ3n) is 6.65. The van der Waals surface area contributed by atoms with Gasteiger partial charge in [-0.25, -0.2) is 0 Å². The molecular weight excluding hydrogens is 428 g/mol. The van der Waals surface area contributed by atoms with Crippen LogP contribution in [0.2, 0.25) is 0 Å². The van der Waals surface area contributed by atoms with Crippen LogP contribution in [0.4, 0.5) is 5.69 Å². The van der Waals surface area contributed by atoms with Gasteiger partial charge in [-0.05, 0) is 76.9 Å². The van der Waals surface area contributed by atoms with Crippen molar-refractivity contribution in [1.82, 2.24) is 0 Å². The number of hydrogen-bond donors (Lipinski definition) is 2. The van der Waals surface area contributed by atoms with Crippen LogP contribution in [0.3, 0.4) is 0 Å². The predicted molar refractivity (Wildman–Crippen MR) is 131 cm³/mol. The number of fused-ring (bicyclic) bond motifs is 1. The van der Waals surface area contributed by atoms with E-state index in [9.17, 15) is 9.59 Å². The summed E-state index contributed by atoms with van der Waals surface area (Å²) in [6.45, 7) is 6.63. The van der Waals surface area contributed by atoms with E-state index in [0.717, 1.165) is 35.1 Å². The fraction of sp³-hybridized carbons (Fsp3) is 0.286. The van der Waals surface area contributed by atoms with Crippen molar-refractivity contribution >= 4 is 17.5 Å². The number of nitrogens with one attached hydrogen (secondary N) is 1. The van der Waals surface area contributed by atoms with Crippen LogP contribution in [0.1, 0.15) is 55.1 Å². The predicted octanol–water partition coefficient (Wildman–Crippen LogP) is 5.15. The zero-order chi connectivity index (χ0) is 24.1. The fourth-order valence-corrected chi connectivity index (χ4v) is 4.57. The molecule has 1 saturated carbocycles. The first-order valence-electron chi connectivity index (χ1n) is 11.4. The van der Waals surface area contributed by atoms with Crippen LogP contribution in [0.15, 0.2) is 60.7 Å². The van der Waals surface area contributed by atoms with Crippen molar-refractivity contribution < 1.29 is 19.1 Å². The van der Waals surface area contributed by atoms with E-state index in [-0.39, 0.29) is 18.1 Å². The van der Waals surface area contributed by atoms with Gasteiger partial charge in [-0.3, -0.25) is 9.59 Å². The topological polar surface area (TPSA) is 90.7 Å². The highest BCUT2D eigenvalue weighted by Crippen LogP contribution is 2.51. The zero-order valence-electron chi connectivity index (χ0n) is 19.6. The van der Waals surface area contributed by atoms with Gasteiger partial charge in [0, 0.05) is 11.3 Å². The summed E-state index contributed by atoms with van der Waals surface area (Å²) in [6, 6.07) is 19.0. The van der Waals surface area contributed by atoms with Gasteiger partial charge in [0.25, 0.3) is 0 Å². The Morgan fingerprint density at radius 3 is 2.41 bits per heavy atom. The molecule has 1 aliphatic heterocycles. The summed E-state index contributed by atoms with van der Waals surface area (Å²) in [6.07, 6.45) is 1.57. The molecule has 6 nitrogen and oxygen atoms in total. The number of carbonyl (C=O) groups excluding carboxylic acids is 2. The SMILES string of the molecule is CC(C)(C)c1ccc(NC(=O)C2(c3ccc4c(c3)OCO4)CC2)cc1-c1cccc(C(N)=O)c1. The van der Waals surface area contributed by atoms with Crippen LogP contribution in [0, 0.1) is 0 Å². The summed E-state index contributed by atoms with van der Waals surface area (Å²) < 4.78 is 10.9. The molecule has 3 N–H and O–H groups in total. The molecular formula is C28H28N2O4. The normalized spacial score (nSPS) is 15.6. The van der Waals surface area contributed by atoms with E-state index in [2.05, 4.69) is 26.1 Å². The maximum absolute atomic E-state index is 13.4. The van der Waals surface area contributed by atoms with Crippen LogP contribution in [0.5, 0.6) is 11.5 Å². The maximum atomic E-state index is 13.4. The number of benzene rings is 3. The second-order valence-electron chi connectivity index (χ2n) is 10.1. The summed E-state index contributed by atoms with van der Waals surface area (Å²) in [4.78, 5) is 25.2. The first-order valence-corrected chi connectivity index (χ1v) is 11.4. The minimum absolute atomic E-state index is 0.0355. The van der Waals surface area contributed by atoms with Gasteiger partial charge in [0.2, 0.25) is 18.6 Å². The van der Waals surface area contributed by atoms with E-state index in [4.69, 9.17) is 15.2 Å². The van der Waals surface area contributed by atoms with Crippen LogP contribution >= 0.6 is 0 Å². The second-order valence-corrected chi connectivity index (χ2v) is 10.1. The monoisotopic (exact) mass is 456 g/mol. The number of hydrogen-bond acceptors (Lipinski definition) is 4. The number of rotatable bonds is 5.